The Kier molecular flexibility index (Phi) is 8.02. The van der Waals surface area contributed by atoms with E-state index in [1.54, 1.807) is 26.5 Å². The number of benzene rings is 3. The van der Waals surface area contributed by atoms with E-state index in [0.29, 0.717) is 41.7 Å². The molecule has 3 aromatic carbocycles. The minimum absolute atomic E-state index is 0.0363. The molecule has 1 atom stereocenters. The van der Waals surface area contributed by atoms with E-state index in [1.165, 1.54) is 5.56 Å². The summed E-state index contributed by atoms with van der Waals surface area (Å²) in [7, 11) is 5.16. The van der Waals surface area contributed by atoms with Crippen molar-refractivity contribution in [2.24, 2.45) is 0 Å². The van der Waals surface area contributed by atoms with Crippen molar-refractivity contribution in [1.82, 2.24) is 9.88 Å². The summed E-state index contributed by atoms with van der Waals surface area (Å²) in [5.74, 6) is 2.46. The lowest BCUT2D eigenvalue weighted by molar-refractivity contribution is -0.121. The Morgan fingerprint density at radius 2 is 1.64 bits per heavy atom. The lowest BCUT2D eigenvalue weighted by Crippen LogP contribution is -2.41. The van der Waals surface area contributed by atoms with Gasteiger partial charge in [-0.2, -0.15) is 0 Å². The second-order valence-corrected chi connectivity index (χ2v) is 8.47. The Hall–Kier alpha value is -4.10. The van der Waals surface area contributed by atoms with E-state index >= 15 is 0 Å². The average Bonchev–Trinajstić information content (AvgIpc) is 2.90. The van der Waals surface area contributed by atoms with E-state index in [0.717, 1.165) is 10.9 Å². The predicted octanol–water partition coefficient (Wildman–Crippen LogP) is 5.89. The van der Waals surface area contributed by atoms with Crippen LogP contribution >= 0.6 is 0 Å². The third-order valence-corrected chi connectivity index (χ3v) is 6.05. The first-order valence-electron chi connectivity index (χ1n) is 11.9. The van der Waals surface area contributed by atoms with Crippen LogP contribution in [-0.2, 0) is 11.3 Å². The smallest absolute Gasteiger partial charge is 0.241 e. The highest BCUT2D eigenvalue weighted by Crippen LogP contribution is 2.37. The van der Waals surface area contributed by atoms with Crippen molar-refractivity contribution >= 4 is 22.5 Å². The molecule has 1 aromatic heterocycles. The summed E-state index contributed by atoms with van der Waals surface area (Å²) in [5, 5.41) is 3.84. The molecule has 1 heterocycles. The van der Waals surface area contributed by atoms with Gasteiger partial charge >= 0.3 is 0 Å². The molecule has 0 spiro atoms. The predicted molar refractivity (Wildman–Crippen MR) is 142 cm³/mol. The van der Waals surface area contributed by atoms with Crippen molar-refractivity contribution in [1.29, 1.82) is 0 Å². The van der Waals surface area contributed by atoms with Gasteiger partial charge in [0.1, 0.15) is 11.5 Å². The van der Waals surface area contributed by atoms with Crippen molar-refractivity contribution < 1.29 is 19.0 Å². The topological polar surface area (TPSA) is 72.9 Å². The number of likely N-dealkylation sites (N-methyl/N-ethyl adjacent to an activating group) is 1. The first-order chi connectivity index (χ1) is 17.5. The van der Waals surface area contributed by atoms with Gasteiger partial charge in [0.05, 0.1) is 25.8 Å². The number of hydrogen-bond acceptors (Lipinski definition) is 6. The fourth-order valence-corrected chi connectivity index (χ4v) is 4.17. The SMILES string of the molecule is CCC(C(=O)Nc1ccc(Oc2ccnc3cc(OC)c(OC)cc23)cc1)N(C)Cc1ccccc1. The molecule has 0 aliphatic carbocycles. The fourth-order valence-electron chi connectivity index (χ4n) is 4.17. The molecule has 1 unspecified atom stereocenters. The fraction of sp³-hybridized carbons (Fsp3) is 0.241. The van der Waals surface area contributed by atoms with Gasteiger partial charge in [0.25, 0.3) is 0 Å². The Bertz CT molecular complexity index is 1310. The van der Waals surface area contributed by atoms with Gasteiger partial charge in [-0.3, -0.25) is 14.7 Å². The molecule has 1 N–H and O–H groups in total. The number of rotatable bonds is 10. The maximum Gasteiger partial charge on any atom is 0.241 e. The molecular weight excluding hydrogens is 454 g/mol. The van der Waals surface area contributed by atoms with Gasteiger partial charge in [0.15, 0.2) is 11.5 Å². The molecule has 0 saturated heterocycles. The number of fused-ring (bicyclic) bond motifs is 1. The van der Waals surface area contributed by atoms with Crippen LogP contribution in [0.3, 0.4) is 0 Å². The number of amides is 1. The molecule has 0 bridgehead atoms. The van der Waals surface area contributed by atoms with Crippen LogP contribution in [0.5, 0.6) is 23.0 Å². The number of nitrogens with zero attached hydrogens (tertiary/aromatic N) is 2. The largest absolute Gasteiger partial charge is 0.493 e. The van der Waals surface area contributed by atoms with Gasteiger partial charge in [-0.25, -0.2) is 0 Å². The van der Waals surface area contributed by atoms with Crippen LogP contribution in [0.25, 0.3) is 10.9 Å². The quantitative estimate of drug-likeness (QED) is 0.302. The number of aromatic nitrogens is 1. The minimum atomic E-state index is -0.240. The molecule has 0 fully saturated rings. The molecule has 1 amide bonds. The van der Waals surface area contributed by atoms with E-state index in [9.17, 15) is 4.79 Å². The Morgan fingerprint density at radius 3 is 2.31 bits per heavy atom. The van der Waals surface area contributed by atoms with Gasteiger partial charge in [-0.05, 0) is 55.4 Å². The standard InChI is InChI=1S/C29H31N3O4/c1-5-25(32(2)19-20-9-7-6-8-10-20)29(33)31-21-11-13-22(14-12-21)36-26-15-16-30-24-18-28(35-4)27(34-3)17-23(24)26/h6-18,25H,5,19H2,1-4H3,(H,31,33). The number of hydrogen-bond donors (Lipinski definition) is 1. The molecule has 36 heavy (non-hydrogen) atoms. The number of anilines is 1. The van der Waals surface area contributed by atoms with E-state index in [2.05, 4.69) is 27.3 Å². The average molecular weight is 486 g/mol. The van der Waals surface area contributed by atoms with E-state index < -0.39 is 0 Å². The van der Waals surface area contributed by atoms with E-state index in [1.807, 2.05) is 68.6 Å². The second kappa shape index (κ2) is 11.6. The van der Waals surface area contributed by atoms with E-state index in [-0.39, 0.29) is 11.9 Å². The Morgan fingerprint density at radius 1 is 0.944 bits per heavy atom. The van der Waals surface area contributed by atoms with Crippen LogP contribution < -0.4 is 19.5 Å². The van der Waals surface area contributed by atoms with Crippen molar-refractivity contribution in [2.75, 3.05) is 26.6 Å². The van der Waals surface area contributed by atoms with Crippen LogP contribution in [-0.4, -0.2) is 43.1 Å². The highest BCUT2D eigenvalue weighted by molar-refractivity contribution is 5.95. The third-order valence-electron chi connectivity index (χ3n) is 6.05. The molecular formula is C29H31N3O4. The number of methoxy groups -OCH3 is 2. The monoisotopic (exact) mass is 485 g/mol. The zero-order valence-corrected chi connectivity index (χ0v) is 21.0. The summed E-state index contributed by atoms with van der Waals surface area (Å²) >= 11 is 0. The van der Waals surface area contributed by atoms with Gasteiger partial charge in [0.2, 0.25) is 5.91 Å². The highest BCUT2D eigenvalue weighted by atomic mass is 16.5. The zero-order chi connectivity index (χ0) is 25.5. The zero-order valence-electron chi connectivity index (χ0n) is 21.0. The van der Waals surface area contributed by atoms with Crippen molar-refractivity contribution in [3.8, 4) is 23.0 Å². The summed E-state index contributed by atoms with van der Waals surface area (Å²) in [4.78, 5) is 19.5. The molecule has 186 valence electrons. The molecule has 0 radical (unpaired) electrons. The lowest BCUT2D eigenvalue weighted by atomic mass is 10.1. The van der Waals surface area contributed by atoms with Crippen molar-refractivity contribution in [3.63, 3.8) is 0 Å². The minimum Gasteiger partial charge on any atom is -0.493 e. The summed E-state index contributed by atoms with van der Waals surface area (Å²) in [6.45, 7) is 2.72. The number of carbonyl (C=O) groups is 1. The van der Waals surface area contributed by atoms with Crippen molar-refractivity contribution in [2.45, 2.75) is 25.9 Å². The van der Waals surface area contributed by atoms with Crippen LogP contribution in [0.1, 0.15) is 18.9 Å². The van der Waals surface area contributed by atoms with Gasteiger partial charge in [-0.1, -0.05) is 37.3 Å². The summed E-state index contributed by atoms with van der Waals surface area (Å²) in [6, 6.07) is 22.7. The van der Waals surface area contributed by atoms with Gasteiger partial charge < -0.3 is 19.5 Å². The van der Waals surface area contributed by atoms with Crippen molar-refractivity contribution in [3.05, 3.63) is 84.6 Å². The number of nitrogens with one attached hydrogen (secondary N) is 1. The summed E-state index contributed by atoms with van der Waals surface area (Å²) in [6.07, 6.45) is 2.40. The first kappa shape index (κ1) is 25.0. The number of ether oxygens (including phenoxy) is 3. The molecule has 0 aliphatic heterocycles. The molecule has 0 aliphatic rings. The maximum absolute atomic E-state index is 13.0. The Labute approximate surface area is 211 Å². The molecule has 0 saturated carbocycles. The van der Waals surface area contributed by atoms with Gasteiger partial charge in [0, 0.05) is 29.9 Å². The normalized spacial score (nSPS) is 11.8. The van der Waals surface area contributed by atoms with E-state index in [4.69, 9.17) is 14.2 Å². The molecule has 4 rings (SSSR count). The highest BCUT2D eigenvalue weighted by Gasteiger charge is 2.21. The van der Waals surface area contributed by atoms with Crippen LogP contribution in [0.15, 0.2) is 79.0 Å². The summed E-state index contributed by atoms with van der Waals surface area (Å²) in [5.41, 5.74) is 2.62. The first-order valence-corrected chi connectivity index (χ1v) is 11.9. The van der Waals surface area contributed by atoms with Crippen LogP contribution in [0.2, 0.25) is 0 Å². The van der Waals surface area contributed by atoms with Crippen LogP contribution in [0, 0.1) is 0 Å². The third kappa shape index (κ3) is 5.75. The number of carbonyl (C=O) groups excluding carboxylic acids is 1. The Balaban J connectivity index is 1.45. The molecule has 7 heteroatoms. The second-order valence-electron chi connectivity index (χ2n) is 8.47. The van der Waals surface area contributed by atoms with Gasteiger partial charge in [-0.15, -0.1) is 0 Å². The molecule has 4 aromatic rings. The number of pyridine rings is 1. The lowest BCUT2D eigenvalue weighted by Gasteiger charge is -2.26. The molecule has 7 nitrogen and oxygen atoms in total. The summed E-state index contributed by atoms with van der Waals surface area (Å²) < 4.78 is 16.9. The van der Waals surface area contributed by atoms with Crippen LogP contribution in [0.4, 0.5) is 5.69 Å². The maximum atomic E-state index is 13.0.